The van der Waals surface area contributed by atoms with Crippen LogP contribution in [0.4, 0.5) is 5.69 Å². The maximum absolute atomic E-state index is 13.9. The minimum atomic E-state index is -4.31. The number of nitrogens with zero attached hydrogens (tertiary/aromatic N) is 3. The van der Waals surface area contributed by atoms with Gasteiger partial charge in [0, 0.05) is 30.7 Å². The number of benzene rings is 1. The van der Waals surface area contributed by atoms with E-state index in [4.69, 9.17) is 14.2 Å². The number of methoxy groups -OCH3 is 2. The van der Waals surface area contributed by atoms with Gasteiger partial charge in [0.25, 0.3) is 10.0 Å². The smallest absolute Gasteiger partial charge is 0.271 e. The van der Waals surface area contributed by atoms with Crippen molar-refractivity contribution < 1.29 is 27.4 Å². The summed E-state index contributed by atoms with van der Waals surface area (Å²) in [7, 11) is -1.38. The standard InChI is InChI=1S/C22H23N3O6S/c1-29-11-12-31-19-14-24-21(30-2)13-18(19)25(22(26)15-8-9-15)32(27,28)20-7-3-6-17-16(20)5-4-10-23-17/h3-7,10,13-15H,8-9,11-12H2,1-2H3. The zero-order chi connectivity index (χ0) is 22.7. The van der Waals surface area contributed by atoms with Gasteiger partial charge in [0.2, 0.25) is 11.8 Å². The zero-order valence-electron chi connectivity index (χ0n) is 17.7. The van der Waals surface area contributed by atoms with E-state index in [0.29, 0.717) is 23.7 Å². The number of pyridine rings is 2. The number of carbonyl (C=O) groups excluding carboxylic acids is 1. The fourth-order valence-electron chi connectivity index (χ4n) is 3.29. The molecule has 4 rings (SSSR count). The van der Waals surface area contributed by atoms with Crippen molar-refractivity contribution in [2.45, 2.75) is 17.7 Å². The van der Waals surface area contributed by atoms with E-state index < -0.39 is 15.9 Å². The summed E-state index contributed by atoms with van der Waals surface area (Å²) in [6, 6.07) is 9.50. The normalized spacial score (nSPS) is 13.7. The van der Waals surface area contributed by atoms with Crippen molar-refractivity contribution in [1.29, 1.82) is 0 Å². The van der Waals surface area contributed by atoms with Crippen LogP contribution in [0, 0.1) is 5.92 Å². The number of sulfonamides is 1. The van der Waals surface area contributed by atoms with Crippen LogP contribution < -0.4 is 13.8 Å². The average molecular weight is 458 g/mol. The number of hydrogen-bond donors (Lipinski definition) is 0. The molecular weight excluding hydrogens is 434 g/mol. The summed E-state index contributed by atoms with van der Waals surface area (Å²) in [4.78, 5) is 21.7. The SMILES string of the molecule is COCCOc1cnc(OC)cc1N(C(=O)C1CC1)S(=O)(=O)c1cccc2ncccc12. The molecule has 1 aliphatic carbocycles. The van der Waals surface area contributed by atoms with Gasteiger partial charge in [-0.2, -0.15) is 4.31 Å². The van der Waals surface area contributed by atoms with E-state index in [2.05, 4.69) is 9.97 Å². The predicted octanol–water partition coefficient (Wildman–Crippen LogP) is 2.80. The third-order valence-electron chi connectivity index (χ3n) is 5.05. The van der Waals surface area contributed by atoms with Gasteiger partial charge in [0.05, 0.1) is 30.3 Å². The first kappa shape index (κ1) is 22.0. The molecule has 9 nitrogen and oxygen atoms in total. The van der Waals surface area contributed by atoms with E-state index in [-0.39, 0.29) is 41.3 Å². The largest absolute Gasteiger partial charge is 0.487 e. The summed E-state index contributed by atoms with van der Waals surface area (Å²) < 4.78 is 44.6. The Morgan fingerprint density at radius 2 is 1.94 bits per heavy atom. The van der Waals surface area contributed by atoms with Crippen molar-refractivity contribution in [1.82, 2.24) is 9.97 Å². The van der Waals surface area contributed by atoms with Gasteiger partial charge in [0.15, 0.2) is 5.75 Å². The van der Waals surface area contributed by atoms with Crippen LogP contribution in [0.5, 0.6) is 11.6 Å². The number of anilines is 1. The van der Waals surface area contributed by atoms with Gasteiger partial charge < -0.3 is 14.2 Å². The summed E-state index contributed by atoms with van der Waals surface area (Å²) in [5.41, 5.74) is 0.557. The second kappa shape index (κ2) is 9.09. The van der Waals surface area contributed by atoms with Crippen LogP contribution >= 0.6 is 0 Å². The highest BCUT2D eigenvalue weighted by Gasteiger charge is 2.42. The molecule has 2 heterocycles. The molecule has 0 spiro atoms. The van der Waals surface area contributed by atoms with Crippen molar-refractivity contribution >= 4 is 32.5 Å². The summed E-state index contributed by atoms with van der Waals surface area (Å²) in [6.07, 6.45) is 4.19. The van der Waals surface area contributed by atoms with Crippen molar-refractivity contribution in [2.24, 2.45) is 5.92 Å². The topological polar surface area (TPSA) is 108 Å². The molecule has 10 heteroatoms. The second-order valence-corrected chi connectivity index (χ2v) is 9.00. The Labute approximate surface area is 186 Å². The molecule has 0 aliphatic heterocycles. The fourth-order valence-corrected chi connectivity index (χ4v) is 4.98. The van der Waals surface area contributed by atoms with Crippen LogP contribution in [-0.4, -0.2) is 51.7 Å². The molecule has 3 aromatic rings. The lowest BCUT2D eigenvalue weighted by Gasteiger charge is -2.25. The summed E-state index contributed by atoms with van der Waals surface area (Å²) in [6.45, 7) is 0.436. The van der Waals surface area contributed by atoms with E-state index >= 15 is 0 Å². The van der Waals surface area contributed by atoms with Crippen molar-refractivity contribution in [3.63, 3.8) is 0 Å². The molecule has 0 N–H and O–H groups in total. The number of amides is 1. The lowest BCUT2D eigenvalue weighted by atomic mass is 10.2. The number of aromatic nitrogens is 2. The molecule has 0 radical (unpaired) electrons. The fraction of sp³-hybridized carbons (Fsp3) is 0.318. The van der Waals surface area contributed by atoms with Gasteiger partial charge in [-0.25, -0.2) is 13.4 Å². The van der Waals surface area contributed by atoms with Crippen LogP contribution in [0.25, 0.3) is 10.9 Å². The molecule has 1 fully saturated rings. The Hall–Kier alpha value is -3.24. The van der Waals surface area contributed by atoms with Crippen molar-refractivity contribution in [2.75, 3.05) is 31.7 Å². The third kappa shape index (κ3) is 4.23. The third-order valence-corrected chi connectivity index (χ3v) is 6.81. The highest BCUT2D eigenvalue weighted by atomic mass is 32.2. The molecule has 0 unspecified atom stereocenters. The van der Waals surface area contributed by atoms with Gasteiger partial charge in [-0.05, 0) is 37.1 Å². The van der Waals surface area contributed by atoms with Crippen molar-refractivity contribution in [3.05, 3.63) is 48.8 Å². The van der Waals surface area contributed by atoms with Crippen molar-refractivity contribution in [3.8, 4) is 11.6 Å². The van der Waals surface area contributed by atoms with Crippen LogP contribution in [0.1, 0.15) is 12.8 Å². The van der Waals surface area contributed by atoms with E-state index in [9.17, 15) is 13.2 Å². The predicted molar refractivity (Wildman–Crippen MR) is 117 cm³/mol. The number of ether oxygens (including phenoxy) is 3. The summed E-state index contributed by atoms with van der Waals surface area (Å²) in [5, 5.41) is 0.423. The van der Waals surface area contributed by atoms with Crippen LogP contribution in [0.2, 0.25) is 0 Å². The maximum atomic E-state index is 13.9. The van der Waals surface area contributed by atoms with Gasteiger partial charge in [0.1, 0.15) is 12.3 Å². The zero-order valence-corrected chi connectivity index (χ0v) is 18.5. The highest BCUT2D eigenvalue weighted by molar-refractivity contribution is 7.93. The molecule has 0 saturated heterocycles. The summed E-state index contributed by atoms with van der Waals surface area (Å²) in [5.74, 6) is -0.596. The summed E-state index contributed by atoms with van der Waals surface area (Å²) >= 11 is 0. The molecule has 2 aromatic heterocycles. The Morgan fingerprint density at radius 3 is 2.66 bits per heavy atom. The Bertz CT molecular complexity index is 1240. The Morgan fingerprint density at radius 1 is 1.12 bits per heavy atom. The lowest BCUT2D eigenvalue weighted by molar-refractivity contribution is -0.118. The monoisotopic (exact) mass is 457 g/mol. The lowest BCUT2D eigenvalue weighted by Crippen LogP contribution is -2.38. The van der Waals surface area contributed by atoms with Gasteiger partial charge in [-0.15, -0.1) is 0 Å². The van der Waals surface area contributed by atoms with Crippen LogP contribution in [-0.2, 0) is 19.6 Å². The number of fused-ring (bicyclic) bond motifs is 1. The molecule has 1 saturated carbocycles. The first-order chi connectivity index (χ1) is 15.5. The van der Waals surface area contributed by atoms with Crippen LogP contribution in [0.15, 0.2) is 53.7 Å². The molecule has 1 aromatic carbocycles. The molecule has 0 bridgehead atoms. The molecule has 168 valence electrons. The second-order valence-electron chi connectivity index (χ2n) is 7.24. The number of hydrogen-bond acceptors (Lipinski definition) is 8. The molecular formula is C22H23N3O6S. The van der Waals surface area contributed by atoms with E-state index in [0.717, 1.165) is 4.31 Å². The number of rotatable bonds is 9. The maximum Gasteiger partial charge on any atom is 0.271 e. The van der Waals surface area contributed by atoms with Gasteiger partial charge in [-0.1, -0.05) is 6.07 Å². The van der Waals surface area contributed by atoms with Crippen LogP contribution in [0.3, 0.4) is 0 Å². The first-order valence-electron chi connectivity index (χ1n) is 10.1. The molecule has 1 aliphatic rings. The van der Waals surface area contributed by atoms with Gasteiger partial charge in [-0.3, -0.25) is 9.78 Å². The first-order valence-corrected chi connectivity index (χ1v) is 11.5. The quantitative estimate of drug-likeness (QED) is 0.452. The van der Waals surface area contributed by atoms with E-state index in [1.165, 1.54) is 32.5 Å². The van der Waals surface area contributed by atoms with E-state index in [1.54, 1.807) is 30.5 Å². The minimum Gasteiger partial charge on any atom is -0.487 e. The minimum absolute atomic E-state index is 0.0179. The average Bonchev–Trinajstić information content (AvgIpc) is 3.65. The highest BCUT2D eigenvalue weighted by Crippen LogP contribution is 2.40. The number of carbonyl (C=O) groups is 1. The molecule has 32 heavy (non-hydrogen) atoms. The Kier molecular flexibility index (Phi) is 6.24. The molecule has 1 amide bonds. The Balaban J connectivity index is 1.89. The van der Waals surface area contributed by atoms with Gasteiger partial charge >= 0.3 is 0 Å². The van der Waals surface area contributed by atoms with E-state index in [1.807, 2.05) is 0 Å². The molecule has 0 atom stereocenters.